The normalized spacial score (nSPS) is 17.7. The van der Waals surface area contributed by atoms with E-state index in [9.17, 15) is 5.11 Å². The zero-order valence-electron chi connectivity index (χ0n) is 11.1. The summed E-state index contributed by atoms with van der Waals surface area (Å²) in [6.45, 7) is 3.49. The second-order valence-corrected chi connectivity index (χ2v) is 5.16. The summed E-state index contributed by atoms with van der Waals surface area (Å²) in [5.74, 6) is 0.905. The summed E-state index contributed by atoms with van der Waals surface area (Å²) >= 11 is 0. The third-order valence-electron chi connectivity index (χ3n) is 3.48. The summed E-state index contributed by atoms with van der Waals surface area (Å²) in [7, 11) is 0. The highest BCUT2D eigenvalue weighted by molar-refractivity contribution is 5.46. The van der Waals surface area contributed by atoms with E-state index in [4.69, 9.17) is 4.74 Å². The molecule has 0 radical (unpaired) electrons. The monoisotopic (exact) mass is 249 g/mol. The highest BCUT2D eigenvalue weighted by atomic mass is 16.5. The minimum atomic E-state index is -0.503. The minimum Gasteiger partial charge on any atom is -0.494 e. The van der Waals surface area contributed by atoms with Crippen LogP contribution in [-0.4, -0.2) is 23.9 Å². The second-order valence-electron chi connectivity index (χ2n) is 5.16. The van der Waals surface area contributed by atoms with Crippen molar-refractivity contribution in [2.24, 2.45) is 0 Å². The first-order chi connectivity index (χ1) is 8.72. The van der Waals surface area contributed by atoms with E-state index in [1.165, 1.54) is 0 Å². The van der Waals surface area contributed by atoms with Gasteiger partial charge in [0.2, 0.25) is 0 Å². The molecule has 1 fully saturated rings. The molecule has 3 nitrogen and oxygen atoms in total. The Labute approximate surface area is 109 Å². The van der Waals surface area contributed by atoms with Gasteiger partial charge in [0.15, 0.2) is 0 Å². The predicted molar refractivity (Wildman–Crippen MR) is 74.1 cm³/mol. The molecule has 0 heterocycles. The first-order valence-corrected chi connectivity index (χ1v) is 6.91. The molecule has 1 aliphatic carbocycles. The fourth-order valence-corrected chi connectivity index (χ4v) is 2.37. The maximum Gasteiger partial charge on any atom is 0.119 e. The molecule has 3 heteroatoms. The van der Waals surface area contributed by atoms with Crippen LogP contribution >= 0.6 is 0 Å². The summed E-state index contributed by atoms with van der Waals surface area (Å²) in [5.41, 5.74) is 0.538. The molecule has 0 spiro atoms. The number of benzene rings is 1. The van der Waals surface area contributed by atoms with Crippen LogP contribution in [0.1, 0.15) is 39.0 Å². The second kappa shape index (κ2) is 6.10. The van der Waals surface area contributed by atoms with Gasteiger partial charge in [0, 0.05) is 12.2 Å². The Balaban J connectivity index is 1.82. The number of anilines is 1. The van der Waals surface area contributed by atoms with Gasteiger partial charge in [-0.1, -0.05) is 19.8 Å². The van der Waals surface area contributed by atoms with Crippen LogP contribution in [0.5, 0.6) is 5.75 Å². The molecule has 0 aliphatic heterocycles. The average Bonchev–Trinajstić information content (AvgIpc) is 2.83. The Morgan fingerprint density at radius 3 is 2.50 bits per heavy atom. The molecule has 0 bridgehead atoms. The standard InChI is InChI=1S/C15H23NO2/c1-2-11-18-14-7-5-13(6-8-14)16-12-15(17)9-3-4-10-15/h5-8,16-17H,2-4,9-12H2,1H3. The van der Waals surface area contributed by atoms with Gasteiger partial charge in [0.05, 0.1) is 12.2 Å². The van der Waals surface area contributed by atoms with Crippen LogP contribution in [-0.2, 0) is 0 Å². The highest BCUT2D eigenvalue weighted by Gasteiger charge is 2.30. The zero-order chi connectivity index (χ0) is 12.8. The van der Waals surface area contributed by atoms with Crippen molar-refractivity contribution in [1.29, 1.82) is 0 Å². The quantitative estimate of drug-likeness (QED) is 0.813. The minimum absolute atomic E-state index is 0.503. The Morgan fingerprint density at radius 1 is 1.22 bits per heavy atom. The van der Waals surface area contributed by atoms with E-state index in [1.54, 1.807) is 0 Å². The van der Waals surface area contributed by atoms with Crippen LogP contribution in [0.15, 0.2) is 24.3 Å². The van der Waals surface area contributed by atoms with E-state index in [1.807, 2.05) is 24.3 Å². The summed E-state index contributed by atoms with van der Waals surface area (Å²) in [6.07, 6.45) is 5.13. The fourth-order valence-electron chi connectivity index (χ4n) is 2.37. The van der Waals surface area contributed by atoms with Crippen molar-refractivity contribution in [1.82, 2.24) is 0 Å². The largest absolute Gasteiger partial charge is 0.494 e. The topological polar surface area (TPSA) is 41.5 Å². The van der Waals surface area contributed by atoms with Crippen LogP contribution < -0.4 is 10.1 Å². The summed E-state index contributed by atoms with van der Waals surface area (Å²) < 4.78 is 5.53. The lowest BCUT2D eigenvalue weighted by molar-refractivity contribution is 0.0615. The van der Waals surface area contributed by atoms with Crippen LogP contribution in [0.4, 0.5) is 5.69 Å². The fraction of sp³-hybridized carbons (Fsp3) is 0.600. The molecule has 0 saturated heterocycles. The van der Waals surface area contributed by atoms with E-state index >= 15 is 0 Å². The molecule has 1 aromatic carbocycles. The van der Waals surface area contributed by atoms with Gasteiger partial charge in [0.1, 0.15) is 5.75 Å². The van der Waals surface area contributed by atoms with Gasteiger partial charge < -0.3 is 15.2 Å². The van der Waals surface area contributed by atoms with Gasteiger partial charge in [0.25, 0.3) is 0 Å². The average molecular weight is 249 g/mol. The number of ether oxygens (including phenoxy) is 1. The van der Waals surface area contributed by atoms with E-state index in [0.717, 1.165) is 50.1 Å². The van der Waals surface area contributed by atoms with Crippen molar-refractivity contribution < 1.29 is 9.84 Å². The molecule has 0 unspecified atom stereocenters. The van der Waals surface area contributed by atoms with Crippen molar-refractivity contribution in [2.75, 3.05) is 18.5 Å². The highest BCUT2D eigenvalue weighted by Crippen LogP contribution is 2.29. The lowest BCUT2D eigenvalue weighted by Crippen LogP contribution is -2.33. The molecule has 100 valence electrons. The van der Waals surface area contributed by atoms with Gasteiger partial charge in [-0.2, -0.15) is 0 Å². The van der Waals surface area contributed by atoms with Crippen molar-refractivity contribution in [3.63, 3.8) is 0 Å². The van der Waals surface area contributed by atoms with Crippen molar-refractivity contribution in [3.05, 3.63) is 24.3 Å². The molecule has 0 atom stereocenters. The van der Waals surface area contributed by atoms with Gasteiger partial charge in [-0.05, 0) is 43.5 Å². The van der Waals surface area contributed by atoms with Crippen LogP contribution in [0.3, 0.4) is 0 Å². The summed E-state index contributed by atoms with van der Waals surface area (Å²) in [5, 5.41) is 13.5. The molecular weight excluding hydrogens is 226 g/mol. The van der Waals surface area contributed by atoms with Gasteiger partial charge >= 0.3 is 0 Å². The van der Waals surface area contributed by atoms with Crippen LogP contribution in [0, 0.1) is 0 Å². The Bertz CT molecular complexity index is 355. The van der Waals surface area contributed by atoms with E-state index in [2.05, 4.69) is 12.2 Å². The first kappa shape index (κ1) is 13.2. The molecule has 1 aliphatic rings. The van der Waals surface area contributed by atoms with Crippen molar-refractivity contribution in [2.45, 2.75) is 44.6 Å². The van der Waals surface area contributed by atoms with E-state index < -0.39 is 5.60 Å². The van der Waals surface area contributed by atoms with Crippen LogP contribution in [0.2, 0.25) is 0 Å². The van der Waals surface area contributed by atoms with Crippen molar-refractivity contribution in [3.8, 4) is 5.75 Å². The third-order valence-corrected chi connectivity index (χ3v) is 3.48. The lowest BCUT2D eigenvalue weighted by atomic mass is 10.0. The molecule has 18 heavy (non-hydrogen) atoms. The maximum absolute atomic E-state index is 10.2. The van der Waals surface area contributed by atoms with Gasteiger partial charge in [-0.15, -0.1) is 0 Å². The Hall–Kier alpha value is -1.22. The molecule has 1 aromatic rings. The molecule has 0 amide bonds. The number of rotatable bonds is 6. The first-order valence-electron chi connectivity index (χ1n) is 6.91. The smallest absolute Gasteiger partial charge is 0.119 e. The van der Waals surface area contributed by atoms with Gasteiger partial charge in [-0.3, -0.25) is 0 Å². The van der Waals surface area contributed by atoms with E-state index in [0.29, 0.717) is 6.54 Å². The number of aliphatic hydroxyl groups is 1. The predicted octanol–water partition coefficient (Wildman–Crippen LogP) is 3.19. The van der Waals surface area contributed by atoms with Gasteiger partial charge in [-0.25, -0.2) is 0 Å². The zero-order valence-corrected chi connectivity index (χ0v) is 11.1. The van der Waals surface area contributed by atoms with Crippen molar-refractivity contribution >= 4 is 5.69 Å². The van der Waals surface area contributed by atoms with E-state index in [-0.39, 0.29) is 0 Å². The maximum atomic E-state index is 10.2. The lowest BCUT2D eigenvalue weighted by Gasteiger charge is -2.23. The number of hydrogen-bond donors (Lipinski definition) is 2. The Kier molecular flexibility index (Phi) is 4.48. The summed E-state index contributed by atoms with van der Waals surface area (Å²) in [6, 6.07) is 7.94. The Morgan fingerprint density at radius 2 is 1.89 bits per heavy atom. The molecular formula is C15H23NO2. The third kappa shape index (κ3) is 3.64. The summed E-state index contributed by atoms with van der Waals surface area (Å²) in [4.78, 5) is 0. The SMILES string of the molecule is CCCOc1ccc(NCC2(O)CCCC2)cc1. The molecule has 0 aromatic heterocycles. The molecule has 2 N–H and O–H groups in total. The van der Waals surface area contributed by atoms with Crippen LogP contribution in [0.25, 0.3) is 0 Å². The number of hydrogen-bond acceptors (Lipinski definition) is 3. The number of nitrogens with one attached hydrogen (secondary N) is 1. The molecule has 2 rings (SSSR count). The molecule has 1 saturated carbocycles.